The van der Waals surface area contributed by atoms with E-state index in [0.29, 0.717) is 12.1 Å². The van der Waals surface area contributed by atoms with E-state index in [1.807, 2.05) is 0 Å². The third kappa shape index (κ3) is 6.46. The molecule has 0 spiro atoms. The molecule has 0 aromatic rings. The molecule has 1 heterocycles. The predicted octanol–water partition coefficient (Wildman–Crippen LogP) is 1.92. The molecular formula is C13H28N2O. The van der Waals surface area contributed by atoms with Gasteiger partial charge in [-0.1, -0.05) is 6.92 Å². The molecule has 0 amide bonds. The van der Waals surface area contributed by atoms with Crippen LogP contribution in [0.4, 0.5) is 0 Å². The van der Waals surface area contributed by atoms with E-state index in [0.717, 1.165) is 26.2 Å². The lowest BCUT2D eigenvalue weighted by Crippen LogP contribution is -2.37. The molecule has 3 nitrogen and oxygen atoms in total. The first-order valence-electron chi connectivity index (χ1n) is 6.88. The van der Waals surface area contributed by atoms with E-state index in [1.54, 1.807) is 0 Å². The summed E-state index contributed by atoms with van der Waals surface area (Å²) < 4.78 is 5.71. The van der Waals surface area contributed by atoms with Crippen molar-refractivity contribution in [2.24, 2.45) is 0 Å². The summed E-state index contributed by atoms with van der Waals surface area (Å²) in [6, 6.07) is 0.576. The minimum atomic E-state index is 0.541. The highest BCUT2D eigenvalue weighted by Crippen LogP contribution is 2.16. The Balaban J connectivity index is 1.90. The van der Waals surface area contributed by atoms with Crippen molar-refractivity contribution in [1.29, 1.82) is 0 Å². The summed E-state index contributed by atoms with van der Waals surface area (Å²) in [7, 11) is 0. The third-order valence-corrected chi connectivity index (χ3v) is 3.17. The molecule has 2 atom stereocenters. The van der Waals surface area contributed by atoms with Gasteiger partial charge in [-0.25, -0.2) is 0 Å². The summed E-state index contributed by atoms with van der Waals surface area (Å²) in [6.45, 7) is 8.60. The van der Waals surface area contributed by atoms with E-state index in [1.165, 1.54) is 32.1 Å². The molecule has 2 unspecified atom stereocenters. The summed E-state index contributed by atoms with van der Waals surface area (Å²) in [6.07, 6.45) is 6.89. The Morgan fingerprint density at radius 1 is 1.38 bits per heavy atom. The van der Waals surface area contributed by atoms with Gasteiger partial charge >= 0.3 is 0 Å². The van der Waals surface area contributed by atoms with Crippen LogP contribution in [0.1, 0.15) is 46.0 Å². The summed E-state index contributed by atoms with van der Waals surface area (Å²) in [5.41, 5.74) is 0. The lowest BCUT2D eigenvalue weighted by molar-refractivity contribution is 0.0101. The molecule has 2 N–H and O–H groups in total. The van der Waals surface area contributed by atoms with Gasteiger partial charge in [0.15, 0.2) is 0 Å². The summed E-state index contributed by atoms with van der Waals surface area (Å²) in [5.74, 6) is 0. The first-order chi connectivity index (χ1) is 7.83. The van der Waals surface area contributed by atoms with Crippen LogP contribution in [-0.2, 0) is 4.74 Å². The first-order valence-corrected chi connectivity index (χ1v) is 6.88. The quantitative estimate of drug-likeness (QED) is 0.623. The van der Waals surface area contributed by atoms with Crippen molar-refractivity contribution in [2.75, 3.05) is 26.2 Å². The van der Waals surface area contributed by atoms with Gasteiger partial charge in [-0.15, -0.1) is 0 Å². The zero-order valence-electron chi connectivity index (χ0n) is 10.9. The standard InChI is InChI=1S/C13H28N2O/c1-3-14-11-12(2)15-9-6-8-13-7-4-5-10-16-13/h12-15H,3-11H2,1-2H3. The van der Waals surface area contributed by atoms with Gasteiger partial charge in [0.25, 0.3) is 0 Å². The van der Waals surface area contributed by atoms with Crippen LogP contribution in [0.3, 0.4) is 0 Å². The second-order valence-corrected chi connectivity index (χ2v) is 4.79. The molecule has 1 aliphatic heterocycles. The van der Waals surface area contributed by atoms with Gasteiger partial charge in [0.2, 0.25) is 0 Å². The molecule has 0 radical (unpaired) electrons. The van der Waals surface area contributed by atoms with Crippen LogP contribution in [0.5, 0.6) is 0 Å². The Morgan fingerprint density at radius 3 is 2.94 bits per heavy atom. The molecule has 3 heteroatoms. The van der Waals surface area contributed by atoms with Gasteiger partial charge in [0.05, 0.1) is 6.10 Å². The maximum atomic E-state index is 5.71. The van der Waals surface area contributed by atoms with Crippen LogP contribution in [0.25, 0.3) is 0 Å². The SMILES string of the molecule is CCNCC(C)NCCCC1CCCCO1. The molecule has 0 aromatic carbocycles. The van der Waals surface area contributed by atoms with E-state index in [9.17, 15) is 0 Å². The number of hydrogen-bond acceptors (Lipinski definition) is 3. The fraction of sp³-hybridized carbons (Fsp3) is 1.00. The maximum absolute atomic E-state index is 5.71. The van der Waals surface area contributed by atoms with Gasteiger partial charge < -0.3 is 15.4 Å². The van der Waals surface area contributed by atoms with Gasteiger partial charge in [-0.2, -0.15) is 0 Å². The Hall–Kier alpha value is -0.120. The molecule has 1 fully saturated rings. The second kappa shape index (κ2) is 8.97. The van der Waals surface area contributed by atoms with E-state index < -0.39 is 0 Å². The van der Waals surface area contributed by atoms with Gasteiger partial charge in [0.1, 0.15) is 0 Å². The second-order valence-electron chi connectivity index (χ2n) is 4.79. The molecule has 1 rings (SSSR count). The van der Waals surface area contributed by atoms with E-state index in [2.05, 4.69) is 24.5 Å². The van der Waals surface area contributed by atoms with E-state index in [4.69, 9.17) is 4.74 Å². The minimum absolute atomic E-state index is 0.541. The number of hydrogen-bond donors (Lipinski definition) is 2. The molecule has 0 aromatic heterocycles. The van der Waals surface area contributed by atoms with Crippen LogP contribution in [0.2, 0.25) is 0 Å². The number of nitrogens with one attached hydrogen (secondary N) is 2. The smallest absolute Gasteiger partial charge is 0.0575 e. The summed E-state index contributed by atoms with van der Waals surface area (Å²) >= 11 is 0. The van der Waals surface area contributed by atoms with Crippen molar-refractivity contribution in [3.63, 3.8) is 0 Å². The van der Waals surface area contributed by atoms with Gasteiger partial charge in [-0.05, 0) is 52.1 Å². The highest BCUT2D eigenvalue weighted by Gasteiger charge is 2.12. The van der Waals surface area contributed by atoms with E-state index in [-0.39, 0.29) is 0 Å². The molecule has 1 saturated heterocycles. The Labute approximate surface area is 100 Å². The van der Waals surface area contributed by atoms with Crippen LogP contribution in [0, 0.1) is 0 Å². The summed E-state index contributed by atoms with van der Waals surface area (Å²) in [4.78, 5) is 0. The fourth-order valence-electron chi connectivity index (χ4n) is 2.15. The van der Waals surface area contributed by atoms with Crippen molar-refractivity contribution in [3.8, 4) is 0 Å². The molecule has 16 heavy (non-hydrogen) atoms. The Bertz CT molecular complexity index is 158. The largest absolute Gasteiger partial charge is 0.378 e. The normalized spacial score (nSPS) is 23.2. The van der Waals surface area contributed by atoms with Crippen molar-refractivity contribution < 1.29 is 4.74 Å². The van der Waals surface area contributed by atoms with Crippen LogP contribution >= 0.6 is 0 Å². The number of ether oxygens (including phenoxy) is 1. The summed E-state index contributed by atoms with van der Waals surface area (Å²) in [5, 5.41) is 6.89. The fourth-order valence-corrected chi connectivity index (χ4v) is 2.15. The topological polar surface area (TPSA) is 33.3 Å². The van der Waals surface area contributed by atoms with Crippen LogP contribution < -0.4 is 10.6 Å². The van der Waals surface area contributed by atoms with Crippen LogP contribution in [-0.4, -0.2) is 38.4 Å². The Kier molecular flexibility index (Phi) is 7.81. The molecule has 0 saturated carbocycles. The monoisotopic (exact) mass is 228 g/mol. The molecule has 96 valence electrons. The van der Waals surface area contributed by atoms with Gasteiger partial charge in [-0.3, -0.25) is 0 Å². The molecular weight excluding hydrogens is 200 g/mol. The maximum Gasteiger partial charge on any atom is 0.0575 e. The van der Waals surface area contributed by atoms with Crippen molar-refractivity contribution in [3.05, 3.63) is 0 Å². The lowest BCUT2D eigenvalue weighted by atomic mass is 10.0. The van der Waals surface area contributed by atoms with E-state index >= 15 is 0 Å². The first kappa shape index (κ1) is 13.9. The van der Waals surface area contributed by atoms with Crippen LogP contribution in [0.15, 0.2) is 0 Å². The number of rotatable bonds is 8. The zero-order valence-corrected chi connectivity index (χ0v) is 10.9. The van der Waals surface area contributed by atoms with Crippen molar-refractivity contribution >= 4 is 0 Å². The molecule has 1 aliphatic rings. The highest BCUT2D eigenvalue weighted by atomic mass is 16.5. The third-order valence-electron chi connectivity index (χ3n) is 3.17. The van der Waals surface area contributed by atoms with Crippen molar-refractivity contribution in [2.45, 2.75) is 58.1 Å². The highest BCUT2D eigenvalue weighted by molar-refractivity contribution is 4.67. The number of likely N-dealkylation sites (N-methyl/N-ethyl adjacent to an activating group) is 1. The minimum Gasteiger partial charge on any atom is -0.378 e. The molecule has 0 bridgehead atoms. The van der Waals surface area contributed by atoms with Gasteiger partial charge in [0, 0.05) is 19.2 Å². The molecule has 0 aliphatic carbocycles. The lowest BCUT2D eigenvalue weighted by Gasteiger charge is -2.22. The predicted molar refractivity (Wildman–Crippen MR) is 68.8 cm³/mol. The average Bonchev–Trinajstić information content (AvgIpc) is 2.33. The Morgan fingerprint density at radius 2 is 2.25 bits per heavy atom. The average molecular weight is 228 g/mol. The zero-order chi connectivity index (χ0) is 11.6. The van der Waals surface area contributed by atoms with Crippen molar-refractivity contribution in [1.82, 2.24) is 10.6 Å².